The molecule has 1 rings (SSSR count). The standard InChI is InChI=1S/C21H43N5O.HI/c1-4-7-10-18(5-2)17-25-21(23-6-3)24-13-8-9-14-26-15-11-19(12-16-26)20(22)27;/h18-19H,4-17H2,1-3H3,(H2,22,27)(H2,23,24,25);1H. The molecule has 1 saturated heterocycles. The van der Waals surface area contributed by atoms with Gasteiger partial charge in [-0.3, -0.25) is 9.79 Å². The lowest BCUT2D eigenvalue weighted by atomic mass is 9.96. The second kappa shape index (κ2) is 17.3. The number of hydrogen-bond acceptors (Lipinski definition) is 3. The third kappa shape index (κ3) is 12.1. The Hall–Kier alpha value is -0.570. The first-order chi connectivity index (χ1) is 13.1. The van der Waals surface area contributed by atoms with E-state index in [0.29, 0.717) is 5.92 Å². The second-order valence-corrected chi connectivity index (χ2v) is 7.79. The zero-order chi connectivity index (χ0) is 19.9. The normalized spacial score (nSPS) is 17.0. The summed E-state index contributed by atoms with van der Waals surface area (Å²) in [5.74, 6) is 1.61. The molecule has 0 aromatic rings. The molecule has 1 aliphatic rings. The Labute approximate surface area is 189 Å². The highest BCUT2D eigenvalue weighted by atomic mass is 127. The van der Waals surface area contributed by atoms with Crippen LogP contribution in [0.25, 0.3) is 0 Å². The SMILES string of the molecule is CCCCC(CC)CN=C(NCC)NCCCCN1CCC(C(N)=O)CC1.I. The molecule has 0 aromatic heterocycles. The number of likely N-dealkylation sites (tertiary alicyclic amines) is 1. The van der Waals surface area contributed by atoms with Gasteiger partial charge in [0.1, 0.15) is 0 Å². The van der Waals surface area contributed by atoms with Crippen LogP contribution in [0.2, 0.25) is 0 Å². The number of halogens is 1. The van der Waals surface area contributed by atoms with Gasteiger partial charge in [0.15, 0.2) is 5.96 Å². The number of amides is 1. The molecule has 4 N–H and O–H groups in total. The van der Waals surface area contributed by atoms with E-state index in [-0.39, 0.29) is 35.8 Å². The van der Waals surface area contributed by atoms with E-state index < -0.39 is 0 Å². The average molecular weight is 510 g/mol. The molecule has 0 aliphatic carbocycles. The van der Waals surface area contributed by atoms with Crippen molar-refractivity contribution in [1.29, 1.82) is 0 Å². The summed E-state index contributed by atoms with van der Waals surface area (Å²) < 4.78 is 0. The van der Waals surface area contributed by atoms with Crippen molar-refractivity contribution in [3.05, 3.63) is 0 Å². The average Bonchev–Trinajstić information content (AvgIpc) is 2.68. The zero-order valence-electron chi connectivity index (χ0n) is 18.3. The summed E-state index contributed by atoms with van der Waals surface area (Å²) in [6, 6.07) is 0. The molecule has 0 bridgehead atoms. The van der Waals surface area contributed by atoms with Crippen LogP contribution in [0, 0.1) is 11.8 Å². The fraction of sp³-hybridized carbons (Fsp3) is 0.905. The molecule has 166 valence electrons. The molecule has 7 heteroatoms. The van der Waals surface area contributed by atoms with Crippen LogP contribution in [0.4, 0.5) is 0 Å². The van der Waals surface area contributed by atoms with Crippen LogP contribution >= 0.6 is 24.0 Å². The predicted molar refractivity (Wildman–Crippen MR) is 130 cm³/mol. The largest absolute Gasteiger partial charge is 0.369 e. The predicted octanol–water partition coefficient (Wildman–Crippen LogP) is 3.35. The smallest absolute Gasteiger partial charge is 0.220 e. The summed E-state index contributed by atoms with van der Waals surface area (Å²) in [7, 11) is 0. The number of nitrogens with zero attached hydrogens (tertiary/aromatic N) is 2. The van der Waals surface area contributed by atoms with E-state index in [4.69, 9.17) is 10.7 Å². The summed E-state index contributed by atoms with van der Waals surface area (Å²) in [6.07, 6.45) is 9.18. The van der Waals surface area contributed by atoms with Gasteiger partial charge < -0.3 is 21.3 Å². The summed E-state index contributed by atoms with van der Waals surface area (Å²) in [4.78, 5) is 18.5. The van der Waals surface area contributed by atoms with Crippen LogP contribution in [-0.4, -0.2) is 56.0 Å². The van der Waals surface area contributed by atoms with Crippen LogP contribution < -0.4 is 16.4 Å². The fourth-order valence-corrected chi connectivity index (χ4v) is 3.59. The Morgan fingerprint density at radius 2 is 1.86 bits per heavy atom. The molecule has 1 unspecified atom stereocenters. The van der Waals surface area contributed by atoms with Crippen molar-refractivity contribution in [2.24, 2.45) is 22.6 Å². The minimum atomic E-state index is -0.130. The third-order valence-electron chi connectivity index (χ3n) is 5.58. The molecular formula is C21H44IN5O. The number of hydrogen-bond donors (Lipinski definition) is 3. The fourth-order valence-electron chi connectivity index (χ4n) is 3.59. The first-order valence-corrected chi connectivity index (χ1v) is 11.1. The Balaban J connectivity index is 0.00000729. The van der Waals surface area contributed by atoms with Crippen LogP contribution in [0.5, 0.6) is 0 Å². The number of nitrogens with two attached hydrogens (primary N) is 1. The lowest BCUT2D eigenvalue weighted by Gasteiger charge is -2.30. The second-order valence-electron chi connectivity index (χ2n) is 7.79. The van der Waals surface area contributed by atoms with Gasteiger partial charge in [-0.05, 0) is 64.6 Å². The van der Waals surface area contributed by atoms with Crippen LogP contribution in [0.15, 0.2) is 4.99 Å². The van der Waals surface area contributed by atoms with Gasteiger partial charge in [-0.2, -0.15) is 0 Å². The molecule has 1 amide bonds. The maximum absolute atomic E-state index is 11.2. The van der Waals surface area contributed by atoms with Gasteiger partial charge in [-0.1, -0.05) is 33.1 Å². The van der Waals surface area contributed by atoms with Crippen LogP contribution in [-0.2, 0) is 4.79 Å². The monoisotopic (exact) mass is 509 g/mol. The van der Waals surface area contributed by atoms with E-state index in [9.17, 15) is 4.79 Å². The van der Waals surface area contributed by atoms with Crippen LogP contribution in [0.3, 0.4) is 0 Å². The van der Waals surface area contributed by atoms with Gasteiger partial charge in [0.05, 0.1) is 0 Å². The molecule has 0 aromatic carbocycles. The molecular weight excluding hydrogens is 465 g/mol. The molecule has 1 aliphatic heterocycles. The quantitative estimate of drug-likeness (QED) is 0.154. The summed E-state index contributed by atoms with van der Waals surface area (Å²) in [5, 5.41) is 6.83. The maximum Gasteiger partial charge on any atom is 0.220 e. The maximum atomic E-state index is 11.2. The summed E-state index contributed by atoms with van der Waals surface area (Å²) in [5.41, 5.74) is 5.40. The Kier molecular flexibility index (Phi) is 16.9. The zero-order valence-corrected chi connectivity index (χ0v) is 20.7. The van der Waals surface area contributed by atoms with Crippen molar-refractivity contribution in [2.45, 2.75) is 72.1 Å². The molecule has 6 nitrogen and oxygen atoms in total. The topological polar surface area (TPSA) is 82.8 Å². The lowest BCUT2D eigenvalue weighted by Crippen LogP contribution is -2.40. The number of piperidine rings is 1. The van der Waals surface area contributed by atoms with Gasteiger partial charge in [0, 0.05) is 25.6 Å². The number of guanidine groups is 1. The third-order valence-corrected chi connectivity index (χ3v) is 5.58. The number of carbonyl (C=O) groups is 1. The Morgan fingerprint density at radius 3 is 2.43 bits per heavy atom. The van der Waals surface area contributed by atoms with Gasteiger partial charge in [0.25, 0.3) is 0 Å². The van der Waals surface area contributed by atoms with E-state index in [2.05, 4.69) is 36.3 Å². The summed E-state index contributed by atoms with van der Waals surface area (Å²) >= 11 is 0. The van der Waals surface area contributed by atoms with E-state index in [1.165, 1.54) is 32.1 Å². The van der Waals surface area contributed by atoms with Crippen molar-refractivity contribution in [3.63, 3.8) is 0 Å². The first kappa shape index (κ1) is 27.4. The highest BCUT2D eigenvalue weighted by Crippen LogP contribution is 2.16. The van der Waals surface area contributed by atoms with Crippen molar-refractivity contribution >= 4 is 35.8 Å². The van der Waals surface area contributed by atoms with Gasteiger partial charge in [0.2, 0.25) is 5.91 Å². The molecule has 28 heavy (non-hydrogen) atoms. The molecule has 1 fully saturated rings. The van der Waals surface area contributed by atoms with Crippen molar-refractivity contribution < 1.29 is 4.79 Å². The van der Waals surface area contributed by atoms with E-state index in [0.717, 1.165) is 64.5 Å². The molecule has 0 saturated carbocycles. The van der Waals surface area contributed by atoms with Gasteiger partial charge in [-0.25, -0.2) is 0 Å². The molecule has 1 atom stereocenters. The lowest BCUT2D eigenvalue weighted by molar-refractivity contribution is -0.123. The van der Waals surface area contributed by atoms with Gasteiger partial charge >= 0.3 is 0 Å². The molecule has 0 spiro atoms. The molecule has 0 radical (unpaired) electrons. The number of carbonyl (C=O) groups excluding carboxylic acids is 1. The minimum absolute atomic E-state index is 0. The van der Waals surface area contributed by atoms with Crippen molar-refractivity contribution in [2.75, 3.05) is 39.3 Å². The number of primary amides is 1. The summed E-state index contributed by atoms with van der Waals surface area (Å²) in [6.45, 7) is 12.5. The Morgan fingerprint density at radius 1 is 1.14 bits per heavy atom. The van der Waals surface area contributed by atoms with Gasteiger partial charge in [-0.15, -0.1) is 24.0 Å². The number of nitrogens with one attached hydrogen (secondary N) is 2. The number of aliphatic imine (C=N–C) groups is 1. The number of unbranched alkanes of at least 4 members (excludes halogenated alkanes) is 2. The first-order valence-electron chi connectivity index (χ1n) is 11.1. The number of rotatable bonds is 13. The highest BCUT2D eigenvalue weighted by molar-refractivity contribution is 14.0. The minimum Gasteiger partial charge on any atom is -0.369 e. The van der Waals surface area contributed by atoms with Crippen LogP contribution in [0.1, 0.15) is 72.1 Å². The highest BCUT2D eigenvalue weighted by Gasteiger charge is 2.22. The van der Waals surface area contributed by atoms with E-state index in [1.807, 2.05) is 0 Å². The Bertz CT molecular complexity index is 425. The van der Waals surface area contributed by atoms with E-state index in [1.54, 1.807) is 0 Å². The van der Waals surface area contributed by atoms with E-state index >= 15 is 0 Å². The van der Waals surface area contributed by atoms with Crippen molar-refractivity contribution in [3.8, 4) is 0 Å². The molecule has 1 heterocycles. The van der Waals surface area contributed by atoms with Crippen molar-refractivity contribution in [1.82, 2.24) is 15.5 Å².